The van der Waals surface area contributed by atoms with E-state index in [1.165, 1.54) is 0 Å². The van der Waals surface area contributed by atoms with Gasteiger partial charge in [-0.25, -0.2) is 5.43 Å². The molecule has 0 aliphatic carbocycles. The van der Waals surface area contributed by atoms with Gasteiger partial charge in [-0.15, -0.1) is 0 Å². The van der Waals surface area contributed by atoms with Crippen molar-refractivity contribution in [1.29, 1.82) is 0 Å². The number of nitrogens with zero attached hydrogens (tertiary/aromatic N) is 1. The molecule has 0 heterocycles. The summed E-state index contributed by atoms with van der Waals surface area (Å²) < 4.78 is 0. The summed E-state index contributed by atoms with van der Waals surface area (Å²) in [5.74, 6) is 0.310. The SMILES string of the molecule is CC(NN(C)C)c1cccc(O)c1. The summed E-state index contributed by atoms with van der Waals surface area (Å²) in [7, 11) is 3.89. The Kier molecular flexibility index (Phi) is 3.28. The molecule has 13 heavy (non-hydrogen) atoms. The van der Waals surface area contributed by atoms with Crippen molar-refractivity contribution in [2.75, 3.05) is 14.1 Å². The molecule has 1 atom stereocenters. The second kappa shape index (κ2) is 4.25. The van der Waals surface area contributed by atoms with Crippen molar-refractivity contribution in [1.82, 2.24) is 10.4 Å². The number of hydrazine groups is 1. The summed E-state index contributed by atoms with van der Waals surface area (Å²) in [6.07, 6.45) is 0. The zero-order valence-electron chi connectivity index (χ0n) is 8.28. The van der Waals surface area contributed by atoms with Crippen molar-refractivity contribution < 1.29 is 5.11 Å². The third kappa shape index (κ3) is 3.05. The van der Waals surface area contributed by atoms with Gasteiger partial charge < -0.3 is 5.11 Å². The molecule has 1 aromatic rings. The number of phenols is 1. The molecule has 1 unspecified atom stereocenters. The minimum absolute atomic E-state index is 0.210. The molecular formula is C10H16N2O. The van der Waals surface area contributed by atoms with Crippen LogP contribution in [-0.4, -0.2) is 24.2 Å². The summed E-state index contributed by atoms with van der Waals surface area (Å²) in [4.78, 5) is 0. The Hall–Kier alpha value is -1.06. The van der Waals surface area contributed by atoms with Gasteiger partial charge in [0, 0.05) is 20.1 Å². The zero-order valence-corrected chi connectivity index (χ0v) is 8.28. The molecule has 0 amide bonds. The largest absolute Gasteiger partial charge is 0.508 e. The third-order valence-corrected chi connectivity index (χ3v) is 1.82. The predicted octanol–water partition coefficient (Wildman–Crippen LogP) is 1.52. The number of rotatable bonds is 3. The van der Waals surface area contributed by atoms with Gasteiger partial charge >= 0.3 is 0 Å². The fourth-order valence-corrected chi connectivity index (χ4v) is 1.26. The standard InChI is InChI=1S/C10H16N2O/c1-8(11-12(2)3)9-5-4-6-10(13)7-9/h4-8,11,13H,1-3H3. The van der Waals surface area contributed by atoms with E-state index < -0.39 is 0 Å². The van der Waals surface area contributed by atoms with Crippen molar-refractivity contribution in [2.24, 2.45) is 0 Å². The lowest BCUT2D eigenvalue weighted by Gasteiger charge is -2.19. The van der Waals surface area contributed by atoms with E-state index in [0.717, 1.165) is 5.56 Å². The molecule has 0 spiro atoms. The van der Waals surface area contributed by atoms with Crippen LogP contribution in [-0.2, 0) is 0 Å². The van der Waals surface area contributed by atoms with Crippen LogP contribution in [0, 0.1) is 0 Å². The van der Waals surface area contributed by atoms with E-state index in [1.54, 1.807) is 12.1 Å². The van der Waals surface area contributed by atoms with Crippen LogP contribution in [0.3, 0.4) is 0 Å². The Morgan fingerprint density at radius 1 is 1.38 bits per heavy atom. The molecule has 0 aliphatic heterocycles. The smallest absolute Gasteiger partial charge is 0.115 e. The Bertz CT molecular complexity index is 273. The quantitative estimate of drug-likeness (QED) is 0.692. The molecule has 2 N–H and O–H groups in total. The first-order valence-corrected chi connectivity index (χ1v) is 4.32. The minimum atomic E-state index is 0.210. The van der Waals surface area contributed by atoms with Crippen molar-refractivity contribution in [2.45, 2.75) is 13.0 Å². The highest BCUT2D eigenvalue weighted by Gasteiger charge is 2.05. The summed E-state index contributed by atoms with van der Waals surface area (Å²) in [5.41, 5.74) is 4.29. The Labute approximate surface area is 79.0 Å². The van der Waals surface area contributed by atoms with Gasteiger partial charge in [0.15, 0.2) is 0 Å². The average molecular weight is 180 g/mol. The van der Waals surface area contributed by atoms with Crippen LogP contribution in [0.4, 0.5) is 0 Å². The summed E-state index contributed by atoms with van der Waals surface area (Å²) in [6, 6.07) is 7.48. The number of hydrogen-bond donors (Lipinski definition) is 2. The maximum atomic E-state index is 9.25. The molecule has 1 aromatic carbocycles. The van der Waals surface area contributed by atoms with Crippen LogP contribution >= 0.6 is 0 Å². The van der Waals surface area contributed by atoms with Crippen molar-refractivity contribution in [3.8, 4) is 5.75 Å². The van der Waals surface area contributed by atoms with Gasteiger partial charge in [-0.1, -0.05) is 12.1 Å². The van der Waals surface area contributed by atoms with Gasteiger partial charge in [0.25, 0.3) is 0 Å². The van der Waals surface area contributed by atoms with Crippen LogP contribution in [0.25, 0.3) is 0 Å². The summed E-state index contributed by atoms with van der Waals surface area (Å²) in [6.45, 7) is 2.05. The highest BCUT2D eigenvalue weighted by atomic mass is 16.3. The van der Waals surface area contributed by atoms with Gasteiger partial charge in [0.05, 0.1) is 0 Å². The fraction of sp³-hybridized carbons (Fsp3) is 0.400. The molecular weight excluding hydrogens is 164 g/mol. The van der Waals surface area contributed by atoms with E-state index in [0.29, 0.717) is 5.75 Å². The van der Waals surface area contributed by atoms with E-state index in [2.05, 4.69) is 12.3 Å². The molecule has 0 aromatic heterocycles. The third-order valence-electron chi connectivity index (χ3n) is 1.82. The average Bonchev–Trinajstić information content (AvgIpc) is 2.03. The van der Waals surface area contributed by atoms with Gasteiger partial charge in [-0.2, -0.15) is 0 Å². The van der Waals surface area contributed by atoms with Crippen LogP contribution in [0.15, 0.2) is 24.3 Å². The van der Waals surface area contributed by atoms with E-state index in [9.17, 15) is 5.11 Å². The number of benzene rings is 1. The highest BCUT2D eigenvalue weighted by Crippen LogP contribution is 2.17. The Balaban J connectivity index is 2.71. The molecule has 0 aliphatic rings. The highest BCUT2D eigenvalue weighted by molar-refractivity contribution is 5.28. The molecule has 3 heteroatoms. The molecule has 0 radical (unpaired) electrons. The predicted molar refractivity (Wildman–Crippen MR) is 53.3 cm³/mol. The monoisotopic (exact) mass is 180 g/mol. The van der Waals surface area contributed by atoms with Crippen LogP contribution < -0.4 is 5.43 Å². The lowest BCUT2D eigenvalue weighted by Crippen LogP contribution is -2.32. The number of phenolic OH excluding ortho intramolecular Hbond substituents is 1. The van der Waals surface area contributed by atoms with Gasteiger partial charge in [-0.05, 0) is 24.6 Å². The van der Waals surface area contributed by atoms with Crippen molar-refractivity contribution in [3.05, 3.63) is 29.8 Å². The second-order valence-corrected chi connectivity index (χ2v) is 3.34. The van der Waals surface area contributed by atoms with Crippen LogP contribution in [0.1, 0.15) is 18.5 Å². The van der Waals surface area contributed by atoms with Crippen molar-refractivity contribution >= 4 is 0 Å². The van der Waals surface area contributed by atoms with E-state index >= 15 is 0 Å². The fourth-order valence-electron chi connectivity index (χ4n) is 1.26. The first-order chi connectivity index (χ1) is 6.09. The van der Waals surface area contributed by atoms with Gasteiger partial charge in [0.1, 0.15) is 5.75 Å². The Morgan fingerprint density at radius 2 is 2.08 bits per heavy atom. The first kappa shape index (κ1) is 10.0. The maximum absolute atomic E-state index is 9.25. The van der Waals surface area contributed by atoms with Crippen molar-refractivity contribution in [3.63, 3.8) is 0 Å². The molecule has 1 rings (SSSR count). The molecule has 72 valence electrons. The molecule has 0 fully saturated rings. The topological polar surface area (TPSA) is 35.5 Å². The van der Waals surface area contributed by atoms with E-state index in [1.807, 2.05) is 31.2 Å². The van der Waals surface area contributed by atoms with Gasteiger partial charge in [0.2, 0.25) is 0 Å². The molecule has 0 bridgehead atoms. The second-order valence-electron chi connectivity index (χ2n) is 3.34. The maximum Gasteiger partial charge on any atom is 0.115 e. The summed E-state index contributed by atoms with van der Waals surface area (Å²) >= 11 is 0. The van der Waals surface area contributed by atoms with Crippen LogP contribution in [0.5, 0.6) is 5.75 Å². The molecule has 3 nitrogen and oxygen atoms in total. The number of nitrogens with one attached hydrogen (secondary N) is 1. The lowest BCUT2D eigenvalue weighted by atomic mass is 10.1. The Morgan fingerprint density at radius 3 is 2.62 bits per heavy atom. The number of hydrogen-bond acceptors (Lipinski definition) is 3. The van der Waals surface area contributed by atoms with Crippen LogP contribution in [0.2, 0.25) is 0 Å². The minimum Gasteiger partial charge on any atom is -0.508 e. The lowest BCUT2D eigenvalue weighted by molar-refractivity contribution is 0.252. The molecule has 0 saturated heterocycles. The first-order valence-electron chi connectivity index (χ1n) is 4.32. The summed E-state index contributed by atoms with van der Waals surface area (Å²) in [5, 5.41) is 11.2. The van der Waals surface area contributed by atoms with E-state index in [4.69, 9.17) is 0 Å². The zero-order chi connectivity index (χ0) is 9.84. The molecule has 0 saturated carbocycles. The van der Waals surface area contributed by atoms with Gasteiger partial charge in [-0.3, -0.25) is 5.01 Å². The van der Waals surface area contributed by atoms with E-state index in [-0.39, 0.29) is 6.04 Å². The number of aromatic hydroxyl groups is 1. The normalized spacial score (nSPS) is 13.2.